The molecule has 2 rings (SSSR count). The summed E-state index contributed by atoms with van der Waals surface area (Å²) in [5.74, 6) is -0.807. The van der Waals surface area contributed by atoms with Crippen molar-refractivity contribution >= 4 is 23.5 Å². The van der Waals surface area contributed by atoms with Crippen LogP contribution in [0.3, 0.4) is 0 Å². The molecule has 0 aliphatic carbocycles. The predicted molar refractivity (Wildman–Crippen MR) is 92.9 cm³/mol. The lowest BCUT2D eigenvalue weighted by molar-refractivity contribution is -0.133. The van der Waals surface area contributed by atoms with Crippen LogP contribution in [0.2, 0.25) is 5.02 Å². The number of phenolic OH excluding ortho intramolecular Hbond substituents is 1. The number of hydrogen-bond acceptors (Lipinski definition) is 5. The minimum atomic E-state index is -0.798. The van der Waals surface area contributed by atoms with E-state index in [-0.39, 0.29) is 17.2 Å². The molecule has 132 valence electrons. The minimum absolute atomic E-state index is 0.0513. The Kier molecular flexibility index (Phi) is 6.25. The fraction of sp³-hybridized carbons (Fsp3) is 0.222. The Morgan fingerprint density at radius 3 is 2.60 bits per heavy atom. The van der Waals surface area contributed by atoms with Crippen molar-refractivity contribution in [2.45, 2.75) is 6.54 Å². The molecule has 0 aromatic heterocycles. The Morgan fingerprint density at radius 1 is 1.20 bits per heavy atom. The smallest absolute Gasteiger partial charge is 0.342 e. The lowest BCUT2D eigenvalue weighted by Crippen LogP contribution is -2.31. The first-order valence-electron chi connectivity index (χ1n) is 7.44. The van der Waals surface area contributed by atoms with Crippen LogP contribution in [0, 0.1) is 0 Å². The van der Waals surface area contributed by atoms with Gasteiger partial charge in [-0.3, -0.25) is 4.79 Å². The second-order valence-electron chi connectivity index (χ2n) is 5.30. The molecule has 0 aliphatic rings. The molecule has 0 radical (unpaired) electrons. The fourth-order valence-electron chi connectivity index (χ4n) is 2.17. The number of nitrogens with zero attached hydrogens (tertiary/aromatic N) is 1. The molecule has 1 amide bonds. The van der Waals surface area contributed by atoms with Gasteiger partial charge in [0.1, 0.15) is 17.1 Å². The summed E-state index contributed by atoms with van der Waals surface area (Å²) < 4.78 is 10.2. The molecule has 2 aromatic carbocycles. The van der Waals surface area contributed by atoms with E-state index in [1.807, 2.05) is 18.2 Å². The van der Waals surface area contributed by atoms with E-state index in [0.717, 1.165) is 5.56 Å². The number of amides is 1. The van der Waals surface area contributed by atoms with Crippen LogP contribution in [0.15, 0.2) is 42.5 Å². The molecule has 7 heteroatoms. The van der Waals surface area contributed by atoms with Crippen LogP contribution in [-0.4, -0.2) is 42.6 Å². The van der Waals surface area contributed by atoms with E-state index in [1.165, 1.54) is 23.1 Å². The predicted octanol–water partition coefficient (Wildman–Crippen LogP) is 2.87. The van der Waals surface area contributed by atoms with Crippen LogP contribution >= 0.6 is 11.6 Å². The average Bonchev–Trinajstić information content (AvgIpc) is 2.59. The highest BCUT2D eigenvalue weighted by atomic mass is 35.5. The molecular weight excluding hydrogens is 346 g/mol. The van der Waals surface area contributed by atoms with Gasteiger partial charge in [0, 0.05) is 24.2 Å². The lowest BCUT2D eigenvalue weighted by atomic mass is 10.2. The number of methoxy groups -OCH3 is 1. The van der Waals surface area contributed by atoms with Gasteiger partial charge in [0.15, 0.2) is 6.61 Å². The first-order valence-corrected chi connectivity index (χ1v) is 7.81. The number of ether oxygens (including phenoxy) is 2. The first-order chi connectivity index (χ1) is 11.9. The summed E-state index contributed by atoms with van der Waals surface area (Å²) >= 11 is 5.71. The van der Waals surface area contributed by atoms with Crippen LogP contribution in [0.1, 0.15) is 15.9 Å². The number of carbonyl (C=O) groups excluding carboxylic acids is 2. The molecule has 25 heavy (non-hydrogen) atoms. The van der Waals surface area contributed by atoms with Crippen LogP contribution in [-0.2, 0) is 16.1 Å². The zero-order valence-electron chi connectivity index (χ0n) is 13.9. The zero-order valence-corrected chi connectivity index (χ0v) is 14.6. The van der Waals surface area contributed by atoms with E-state index in [0.29, 0.717) is 17.3 Å². The summed E-state index contributed by atoms with van der Waals surface area (Å²) in [5, 5.41) is 9.99. The van der Waals surface area contributed by atoms with Crippen molar-refractivity contribution in [1.82, 2.24) is 4.90 Å². The Hall–Kier alpha value is -2.73. The van der Waals surface area contributed by atoms with Gasteiger partial charge in [-0.1, -0.05) is 29.8 Å². The SMILES string of the molecule is COc1ccccc1CN(C)C(=O)COC(=O)c1ccc(Cl)cc1O. The summed E-state index contributed by atoms with van der Waals surface area (Å²) in [7, 11) is 3.16. The van der Waals surface area contributed by atoms with Gasteiger partial charge in [0.2, 0.25) is 0 Å². The molecule has 0 spiro atoms. The number of rotatable bonds is 6. The van der Waals surface area contributed by atoms with Gasteiger partial charge in [0.05, 0.1) is 7.11 Å². The van der Waals surface area contributed by atoms with E-state index in [2.05, 4.69) is 0 Å². The number of aromatic hydroxyl groups is 1. The molecule has 0 fully saturated rings. The Labute approximate surface area is 150 Å². The van der Waals surface area contributed by atoms with Gasteiger partial charge in [-0.05, 0) is 24.3 Å². The van der Waals surface area contributed by atoms with Crippen LogP contribution in [0.4, 0.5) is 0 Å². The Morgan fingerprint density at radius 2 is 1.92 bits per heavy atom. The van der Waals surface area contributed by atoms with E-state index in [9.17, 15) is 14.7 Å². The molecule has 0 aliphatic heterocycles. The van der Waals surface area contributed by atoms with Crippen molar-refractivity contribution in [1.29, 1.82) is 0 Å². The number of likely N-dealkylation sites (N-methyl/N-ethyl adjacent to an activating group) is 1. The third-order valence-corrected chi connectivity index (χ3v) is 3.77. The van der Waals surface area contributed by atoms with Crippen LogP contribution < -0.4 is 4.74 Å². The van der Waals surface area contributed by atoms with Gasteiger partial charge in [-0.2, -0.15) is 0 Å². The molecule has 1 N–H and O–H groups in total. The standard InChI is InChI=1S/C18H18ClNO5/c1-20(10-12-5-3-4-6-16(12)24-2)17(22)11-25-18(23)14-8-7-13(19)9-15(14)21/h3-9,21H,10-11H2,1-2H3. The van der Waals surface area contributed by atoms with Crippen molar-refractivity contribution in [2.75, 3.05) is 20.8 Å². The van der Waals surface area contributed by atoms with Gasteiger partial charge in [-0.25, -0.2) is 4.79 Å². The minimum Gasteiger partial charge on any atom is -0.507 e. The van der Waals surface area contributed by atoms with Crippen molar-refractivity contribution in [2.24, 2.45) is 0 Å². The van der Waals surface area contributed by atoms with E-state index in [4.69, 9.17) is 21.1 Å². The highest BCUT2D eigenvalue weighted by molar-refractivity contribution is 6.30. The molecule has 0 bridgehead atoms. The maximum atomic E-state index is 12.1. The van der Waals surface area contributed by atoms with Crippen molar-refractivity contribution in [3.63, 3.8) is 0 Å². The summed E-state index contributed by atoms with van der Waals surface area (Å²) in [6, 6.07) is 11.4. The van der Waals surface area contributed by atoms with Crippen molar-refractivity contribution < 1.29 is 24.2 Å². The van der Waals surface area contributed by atoms with Crippen LogP contribution in [0.5, 0.6) is 11.5 Å². The number of halogens is 1. The van der Waals surface area contributed by atoms with Crippen LogP contribution in [0.25, 0.3) is 0 Å². The summed E-state index contributed by atoms with van der Waals surface area (Å²) in [6.45, 7) is -0.126. The fourth-order valence-corrected chi connectivity index (χ4v) is 2.34. The van der Waals surface area contributed by atoms with E-state index in [1.54, 1.807) is 20.2 Å². The molecule has 0 saturated carbocycles. The zero-order chi connectivity index (χ0) is 18.4. The Bertz CT molecular complexity index is 778. The van der Waals surface area contributed by atoms with Crippen molar-refractivity contribution in [3.8, 4) is 11.5 Å². The molecule has 2 aromatic rings. The molecule has 0 atom stereocenters. The normalized spacial score (nSPS) is 10.2. The molecule has 6 nitrogen and oxygen atoms in total. The lowest BCUT2D eigenvalue weighted by Gasteiger charge is -2.18. The largest absolute Gasteiger partial charge is 0.507 e. The Balaban J connectivity index is 1.94. The topological polar surface area (TPSA) is 76.1 Å². The summed E-state index contributed by atoms with van der Waals surface area (Å²) in [5.41, 5.74) is 0.784. The molecular formula is C18H18ClNO5. The maximum Gasteiger partial charge on any atom is 0.342 e. The van der Waals surface area contributed by atoms with Gasteiger partial charge < -0.3 is 19.5 Å². The van der Waals surface area contributed by atoms with E-state index >= 15 is 0 Å². The molecule has 0 heterocycles. The summed E-state index contributed by atoms with van der Waals surface area (Å²) in [6.07, 6.45) is 0. The number of esters is 1. The monoisotopic (exact) mass is 363 g/mol. The number of para-hydroxylation sites is 1. The molecule has 0 saturated heterocycles. The van der Waals surface area contributed by atoms with Crippen molar-refractivity contribution in [3.05, 3.63) is 58.6 Å². The highest BCUT2D eigenvalue weighted by Gasteiger charge is 2.17. The second kappa shape index (κ2) is 8.39. The maximum absolute atomic E-state index is 12.1. The number of hydrogen-bond donors (Lipinski definition) is 1. The number of phenols is 1. The van der Waals surface area contributed by atoms with E-state index < -0.39 is 12.6 Å². The summed E-state index contributed by atoms with van der Waals surface area (Å²) in [4.78, 5) is 25.5. The number of carbonyl (C=O) groups is 2. The molecule has 0 unspecified atom stereocenters. The second-order valence-corrected chi connectivity index (χ2v) is 5.74. The third kappa shape index (κ3) is 4.87. The quantitative estimate of drug-likeness (QED) is 0.799. The van der Waals surface area contributed by atoms with Gasteiger partial charge >= 0.3 is 5.97 Å². The third-order valence-electron chi connectivity index (χ3n) is 3.53. The number of benzene rings is 2. The first kappa shape index (κ1) is 18.6. The highest BCUT2D eigenvalue weighted by Crippen LogP contribution is 2.22. The van der Waals surface area contributed by atoms with Gasteiger partial charge in [-0.15, -0.1) is 0 Å². The van der Waals surface area contributed by atoms with Gasteiger partial charge in [0.25, 0.3) is 5.91 Å². The average molecular weight is 364 g/mol.